The highest BCUT2D eigenvalue weighted by Crippen LogP contribution is 2.36. The molecule has 18 heavy (non-hydrogen) atoms. The van der Waals surface area contributed by atoms with Crippen LogP contribution in [0.3, 0.4) is 0 Å². The maximum absolute atomic E-state index is 5.80. The smallest absolute Gasteiger partial charge is 0.160 e. The van der Waals surface area contributed by atoms with Gasteiger partial charge in [0.25, 0.3) is 0 Å². The quantitative estimate of drug-likeness (QED) is 0.882. The summed E-state index contributed by atoms with van der Waals surface area (Å²) < 4.78 is 2.28. The van der Waals surface area contributed by atoms with Crippen molar-refractivity contribution in [1.29, 1.82) is 0 Å². The van der Waals surface area contributed by atoms with E-state index in [4.69, 9.17) is 10.7 Å². The van der Waals surface area contributed by atoms with Crippen molar-refractivity contribution in [3.63, 3.8) is 0 Å². The normalized spacial score (nSPS) is 17.1. The molecular weight excluding hydrogens is 224 g/mol. The van der Waals surface area contributed by atoms with Crippen LogP contribution in [0.15, 0.2) is 12.3 Å². The number of nitrogen functional groups attached to an aromatic ring is 1. The summed E-state index contributed by atoms with van der Waals surface area (Å²) in [6.45, 7) is 4.38. The summed E-state index contributed by atoms with van der Waals surface area (Å²) in [5.74, 6) is 1.80. The van der Waals surface area contributed by atoms with Crippen LogP contribution in [0.2, 0.25) is 0 Å². The summed E-state index contributed by atoms with van der Waals surface area (Å²) in [5, 5.41) is 0. The first-order valence-electron chi connectivity index (χ1n) is 6.80. The van der Waals surface area contributed by atoms with Gasteiger partial charge in [-0.2, -0.15) is 0 Å². The first kappa shape index (κ1) is 11.5. The summed E-state index contributed by atoms with van der Waals surface area (Å²) in [6, 6.07) is 2.32. The van der Waals surface area contributed by atoms with Crippen molar-refractivity contribution in [3.05, 3.63) is 18.1 Å². The van der Waals surface area contributed by atoms with Crippen LogP contribution in [-0.2, 0) is 0 Å². The Morgan fingerprint density at radius 1 is 1.33 bits per heavy atom. The number of hydrogen-bond donors (Lipinski definition) is 1. The predicted octanol–water partition coefficient (Wildman–Crippen LogP) is 3.25. The summed E-state index contributed by atoms with van der Waals surface area (Å²) in [7, 11) is 0. The van der Waals surface area contributed by atoms with E-state index in [0.717, 1.165) is 11.2 Å². The second-order valence-electron chi connectivity index (χ2n) is 5.53. The zero-order chi connectivity index (χ0) is 12.7. The summed E-state index contributed by atoms with van der Waals surface area (Å²) in [6.07, 6.45) is 6.88. The maximum atomic E-state index is 5.80. The molecule has 1 fully saturated rings. The number of aromatic nitrogens is 3. The highest BCUT2D eigenvalue weighted by molar-refractivity contribution is 5.75. The summed E-state index contributed by atoms with van der Waals surface area (Å²) >= 11 is 0. The first-order chi connectivity index (χ1) is 8.66. The topological polar surface area (TPSA) is 56.7 Å². The van der Waals surface area contributed by atoms with E-state index in [1.54, 1.807) is 6.20 Å². The van der Waals surface area contributed by atoms with Gasteiger partial charge in [-0.25, -0.2) is 9.97 Å². The van der Waals surface area contributed by atoms with Gasteiger partial charge in [-0.05, 0) is 32.8 Å². The van der Waals surface area contributed by atoms with Gasteiger partial charge in [0.1, 0.15) is 11.3 Å². The van der Waals surface area contributed by atoms with Gasteiger partial charge in [-0.1, -0.05) is 12.8 Å². The van der Waals surface area contributed by atoms with Gasteiger partial charge < -0.3 is 10.3 Å². The Hall–Kier alpha value is -1.58. The molecule has 2 aromatic rings. The van der Waals surface area contributed by atoms with Crippen LogP contribution >= 0.6 is 0 Å². The zero-order valence-electron chi connectivity index (χ0n) is 11.1. The van der Waals surface area contributed by atoms with Gasteiger partial charge in [0.05, 0.1) is 11.9 Å². The molecule has 4 heteroatoms. The fourth-order valence-electron chi connectivity index (χ4n) is 3.00. The van der Waals surface area contributed by atoms with Crippen molar-refractivity contribution in [2.75, 3.05) is 5.73 Å². The molecule has 0 unspecified atom stereocenters. The van der Waals surface area contributed by atoms with Crippen LogP contribution in [0.25, 0.3) is 11.2 Å². The average Bonchev–Trinajstić information content (AvgIpc) is 2.93. The summed E-state index contributed by atoms with van der Waals surface area (Å²) in [5.41, 5.74) is 8.40. The molecule has 0 amide bonds. The molecule has 0 bridgehead atoms. The Kier molecular flexibility index (Phi) is 2.73. The van der Waals surface area contributed by atoms with E-state index in [1.165, 1.54) is 31.5 Å². The Bertz CT molecular complexity index is 564. The van der Waals surface area contributed by atoms with E-state index in [2.05, 4.69) is 23.4 Å². The van der Waals surface area contributed by atoms with Crippen LogP contribution in [0, 0.1) is 0 Å². The van der Waals surface area contributed by atoms with Crippen molar-refractivity contribution in [1.82, 2.24) is 14.5 Å². The molecule has 0 spiro atoms. The molecule has 1 saturated carbocycles. The van der Waals surface area contributed by atoms with Gasteiger partial charge in [0.2, 0.25) is 0 Å². The molecule has 0 aromatic carbocycles. The minimum atomic E-state index is 0.390. The Morgan fingerprint density at radius 2 is 2.06 bits per heavy atom. The van der Waals surface area contributed by atoms with E-state index in [-0.39, 0.29) is 0 Å². The fraction of sp³-hybridized carbons (Fsp3) is 0.571. The van der Waals surface area contributed by atoms with Crippen LogP contribution in [0.5, 0.6) is 0 Å². The van der Waals surface area contributed by atoms with Crippen LogP contribution < -0.4 is 5.73 Å². The number of fused-ring (bicyclic) bond motifs is 1. The molecule has 3 rings (SSSR count). The van der Waals surface area contributed by atoms with Gasteiger partial charge in [-0.15, -0.1) is 0 Å². The lowest BCUT2D eigenvalue weighted by molar-refractivity contribution is 0.537. The molecule has 0 saturated heterocycles. The third-order valence-electron chi connectivity index (χ3n) is 3.82. The fourth-order valence-corrected chi connectivity index (χ4v) is 3.00. The molecule has 1 aliphatic rings. The van der Waals surface area contributed by atoms with Crippen molar-refractivity contribution in [3.8, 4) is 0 Å². The average molecular weight is 244 g/mol. The minimum absolute atomic E-state index is 0.390. The number of rotatable bonds is 2. The molecule has 0 radical (unpaired) electrons. The largest absolute Gasteiger partial charge is 0.397 e. The molecule has 96 valence electrons. The molecule has 2 aromatic heterocycles. The van der Waals surface area contributed by atoms with E-state index < -0.39 is 0 Å². The van der Waals surface area contributed by atoms with E-state index in [0.29, 0.717) is 17.6 Å². The lowest BCUT2D eigenvalue weighted by atomic mass is 10.1. The number of hydrogen-bond acceptors (Lipinski definition) is 3. The van der Waals surface area contributed by atoms with Crippen LogP contribution in [0.1, 0.15) is 57.3 Å². The lowest BCUT2D eigenvalue weighted by Gasteiger charge is -2.16. The highest BCUT2D eigenvalue weighted by Gasteiger charge is 2.25. The number of pyridine rings is 1. The van der Waals surface area contributed by atoms with E-state index in [9.17, 15) is 0 Å². The van der Waals surface area contributed by atoms with Crippen molar-refractivity contribution >= 4 is 16.9 Å². The Balaban J connectivity index is 2.19. The van der Waals surface area contributed by atoms with Gasteiger partial charge in [0.15, 0.2) is 5.65 Å². The monoisotopic (exact) mass is 244 g/mol. The third kappa shape index (κ3) is 1.76. The standard InChI is InChI=1S/C14H20N4/c1-9(2)18-13(10-5-3-4-6-10)17-12-7-11(15)8-16-14(12)18/h7-10H,3-6,15H2,1-2H3. The molecule has 0 atom stereocenters. The van der Waals surface area contributed by atoms with Gasteiger partial charge >= 0.3 is 0 Å². The Labute approximate surface area is 107 Å². The van der Waals surface area contributed by atoms with Crippen molar-refractivity contribution < 1.29 is 0 Å². The van der Waals surface area contributed by atoms with Crippen LogP contribution in [-0.4, -0.2) is 14.5 Å². The van der Waals surface area contributed by atoms with Crippen molar-refractivity contribution in [2.45, 2.75) is 51.5 Å². The van der Waals surface area contributed by atoms with E-state index in [1.807, 2.05) is 6.07 Å². The van der Waals surface area contributed by atoms with Crippen molar-refractivity contribution in [2.24, 2.45) is 0 Å². The predicted molar refractivity (Wildman–Crippen MR) is 73.5 cm³/mol. The summed E-state index contributed by atoms with van der Waals surface area (Å²) in [4.78, 5) is 9.27. The highest BCUT2D eigenvalue weighted by atomic mass is 15.1. The van der Waals surface area contributed by atoms with Gasteiger partial charge in [-0.3, -0.25) is 0 Å². The molecule has 1 aliphatic carbocycles. The second kappa shape index (κ2) is 4.26. The third-order valence-corrected chi connectivity index (χ3v) is 3.82. The molecule has 2 N–H and O–H groups in total. The minimum Gasteiger partial charge on any atom is -0.397 e. The van der Waals surface area contributed by atoms with Crippen LogP contribution in [0.4, 0.5) is 5.69 Å². The van der Waals surface area contributed by atoms with Gasteiger partial charge in [0, 0.05) is 12.0 Å². The first-order valence-corrected chi connectivity index (χ1v) is 6.80. The molecule has 0 aliphatic heterocycles. The molecule has 2 heterocycles. The SMILES string of the molecule is CC(C)n1c(C2CCCC2)nc2cc(N)cnc21. The molecular formula is C14H20N4. The number of nitrogens with zero attached hydrogens (tertiary/aromatic N) is 3. The lowest BCUT2D eigenvalue weighted by Crippen LogP contribution is -2.09. The number of nitrogens with two attached hydrogens (primary N) is 1. The number of anilines is 1. The van der Waals surface area contributed by atoms with E-state index >= 15 is 0 Å². The Morgan fingerprint density at radius 3 is 2.72 bits per heavy atom. The maximum Gasteiger partial charge on any atom is 0.160 e. The second-order valence-corrected chi connectivity index (χ2v) is 5.53. The zero-order valence-corrected chi connectivity index (χ0v) is 11.1. The number of imidazole rings is 1. The molecule has 4 nitrogen and oxygen atoms in total.